The lowest BCUT2D eigenvalue weighted by Gasteiger charge is -2.37. The van der Waals surface area contributed by atoms with E-state index in [9.17, 15) is 0 Å². The summed E-state index contributed by atoms with van der Waals surface area (Å²) in [5.74, 6) is 0. The molecule has 0 saturated carbocycles. The highest BCUT2D eigenvalue weighted by Gasteiger charge is 2.41. The number of rotatable bonds is 1. The predicted octanol–water partition coefficient (Wildman–Crippen LogP) is 2.36. The molecule has 1 aromatic carbocycles. The van der Waals surface area contributed by atoms with E-state index in [4.69, 9.17) is 0 Å². The molecule has 0 spiro atoms. The van der Waals surface area contributed by atoms with E-state index in [-0.39, 0.29) is 6.04 Å². The van der Waals surface area contributed by atoms with Gasteiger partial charge in [0.2, 0.25) is 0 Å². The van der Waals surface area contributed by atoms with E-state index in [1.807, 2.05) is 6.07 Å². The summed E-state index contributed by atoms with van der Waals surface area (Å²) in [7, 11) is 0. The van der Waals surface area contributed by atoms with Gasteiger partial charge in [-0.2, -0.15) is 0 Å². The van der Waals surface area contributed by atoms with E-state index >= 15 is 4.39 Å². The maximum absolute atomic E-state index is 15.3. The van der Waals surface area contributed by atoms with Gasteiger partial charge in [0.15, 0.2) is 0 Å². The normalized spacial score (nSPS) is 32.6. The molecule has 1 fully saturated rings. The second-order valence-corrected chi connectivity index (χ2v) is 5.47. The van der Waals surface area contributed by atoms with Crippen LogP contribution in [-0.4, -0.2) is 25.3 Å². The summed E-state index contributed by atoms with van der Waals surface area (Å²) >= 11 is 0. The molecule has 98 valence electrons. The Balaban J connectivity index is 1.92. The molecule has 2 nitrogen and oxygen atoms in total. The minimum absolute atomic E-state index is 0.123. The second-order valence-electron chi connectivity index (χ2n) is 5.47. The molecule has 0 aliphatic carbocycles. The van der Waals surface area contributed by atoms with E-state index in [2.05, 4.69) is 28.8 Å². The van der Waals surface area contributed by atoms with Gasteiger partial charge in [-0.25, -0.2) is 4.39 Å². The summed E-state index contributed by atoms with van der Waals surface area (Å²) < 4.78 is 15.3. The highest BCUT2D eigenvalue weighted by molar-refractivity contribution is 5.34. The molecule has 1 aromatic rings. The fourth-order valence-corrected chi connectivity index (χ4v) is 3.31. The summed E-state index contributed by atoms with van der Waals surface area (Å²) in [6, 6.07) is 8.19. The average Bonchev–Trinajstić information content (AvgIpc) is 2.64. The van der Waals surface area contributed by atoms with Crippen LogP contribution in [0.1, 0.15) is 36.4 Å². The standard InChI is InChI=1S/C15H21FN2/c16-15(7-3-9-17-11-8-15)14-13-5-2-1-4-12(13)6-10-18-14/h1-2,4-5,14,17-18H,3,6-11H2. The molecule has 3 heteroatoms. The van der Waals surface area contributed by atoms with E-state index < -0.39 is 5.67 Å². The van der Waals surface area contributed by atoms with Crippen molar-refractivity contribution in [2.45, 2.75) is 37.4 Å². The number of halogens is 1. The minimum atomic E-state index is -1.10. The topological polar surface area (TPSA) is 24.1 Å². The van der Waals surface area contributed by atoms with Crippen molar-refractivity contribution in [2.75, 3.05) is 19.6 Å². The Morgan fingerprint density at radius 1 is 1.11 bits per heavy atom. The van der Waals surface area contributed by atoms with E-state index in [1.165, 1.54) is 11.1 Å². The summed E-state index contributed by atoms with van der Waals surface area (Å²) in [5.41, 5.74) is 1.39. The van der Waals surface area contributed by atoms with Gasteiger partial charge in [0.05, 0.1) is 6.04 Å². The fourth-order valence-electron chi connectivity index (χ4n) is 3.31. The van der Waals surface area contributed by atoms with Crippen molar-refractivity contribution < 1.29 is 4.39 Å². The number of fused-ring (bicyclic) bond motifs is 1. The summed E-state index contributed by atoms with van der Waals surface area (Å²) in [4.78, 5) is 0. The van der Waals surface area contributed by atoms with Gasteiger partial charge in [-0.3, -0.25) is 0 Å². The first-order chi connectivity index (χ1) is 8.80. The molecule has 0 radical (unpaired) electrons. The fraction of sp³-hybridized carbons (Fsp3) is 0.600. The third-order valence-electron chi connectivity index (χ3n) is 4.29. The van der Waals surface area contributed by atoms with Crippen LogP contribution >= 0.6 is 0 Å². The lowest BCUT2D eigenvalue weighted by Crippen LogP contribution is -2.44. The monoisotopic (exact) mass is 248 g/mol. The van der Waals surface area contributed by atoms with E-state index in [0.717, 1.165) is 32.5 Å². The van der Waals surface area contributed by atoms with Crippen LogP contribution in [0.2, 0.25) is 0 Å². The van der Waals surface area contributed by atoms with Crippen molar-refractivity contribution in [1.82, 2.24) is 10.6 Å². The van der Waals surface area contributed by atoms with Gasteiger partial charge in [-0.1, -0.05) is 24.3 Å². The van der Waals surface area contributed by atoms with Gasteiger partial charge in [0, 0.05) is 0 Å². The molecule has 18 heavy (non-hydrogen) atoms. The number of hydrogen-bond donors (Lipinski definition) is 2. The minimum Gasteiger partial charge on any atom is -0.317 e. The third-order valence-corrected chi connectivity index (χ3v) is 4.29. The molecular weight excluding hydrogens is 227 g/mol. The molecule has 0 bridgehead atoms. The molecule has 1 saturated heterocycles. The van der Waals surface area contributed by atoms with E-state index in [0.29, 0.717) is 12.8 Å². The number of benzene rings is 1. The van der Waals surface area contributed by atoms with Crippen molar-refractivity contribution in [3.05, 3.63) is 35.4 Å². The van der Waals surface area contributed by atoms with Gasteiger partial charge < -0.3 is 10.6 Å². The molecule has 2 aliphatic heterocycles. The van der Waals surface area contributed by atoms with Crippen LogP contribution in [0, 0.1) is 0 Å². The van der Waals surface area contributed by atoms with Crippen LogP contribution < -0.4 is 10.6 Å². The van der Waals surface area contributed by atoms with Crippen LogP contribution in [0.25, 0.3) is 0 Å². The lowest BCUT2D eigenvalue weighted by atomic mass is 9.80. The molecule has 2 unspecified atom stereocenters. The maximum Gasteiger partial charge on any atom is 0.131 e. The molecule has 2 N–H and O–H groups in total. The van der Waals surface area contributed by atoms with E-state index in [1.54, 1.807) is 0 Å². The molecule has 2 atom stereocenters. The molecule has 2 aliphatic rings. The Morgan fingerprint density at radius 3 is 2.94 bits per heavy atom. The molecular formula is C15H21FN2. The van der Waals surface area contributed by atoms with Crippen molar-refractivity contribution in [3.63, 3.8) is 0 Å². The lowest BCUT2D eigenvalue weighted by molar-refractivity contribution is 0.0854. The third kappa shape index (κ3) is 2.17. The summed E-state index contributed by atoms with van der Waals surface area (Å²) in [5, 5.41) is 6.71. The average molecular weight is 248 g/mol. The first-order valence-corrected chi connectivity index (χ1v) is 7.00. The van der Waals surface area contributed by atoms with Gasteiger partial charge in [-0.15, -0.1) is 0 Å². The van der Waals surface area contributed by atoms with Crippen molar-refractivity contribution in [3.8, 4) is 0 Å². The van der Waals surface area contributed by atoms with Crippen molar-refractivity contribution in [1.29, 1.82) is 0 Å². The Bertz CT molecular complexity index is 411. The summed E-state index contributed by atoms with van der Waals surface area (Å²) in [6.45, 7) is 2.62. The molecule has 0 amide bonds. The van der Waals surface area contributed by atoms with Gasteiger partial charge in [0.1, 0.15) is 5.67 Å². The Hall–Kier alpha value is -0.930. The zero-order chi connectivity index (χ0) is 12.4. The first kappa shape index (κ1) is 12.1. The number of nitrogens with one attached hydrogen (secondary N) is 2. The van der Waals surface area contributed by atoms with Gasteiger partial charge in [-0.05, 0) is 56.4 Å². The molecule has 2 heterocycles. The van der Waals surface area contributed by atoms with Crippen LogP contribution in [0.3, 0.4) is 0 Å². The number of alkyl halides is 1. The van der Waals surface area contributed by atoms with Crippen LogP contribution in [0.5, 0.6) is 0 Å². The van der Waals surface area contributed by atoms with Crippen LogP contribution in [0.15, 0.2) is 24.3 Å². The summed E-state index contributed by atoms with van der Waals surface area (Å²) in [6.07, 6.45) is 3.21. The number of hydrogen-bond acceptors (Lipinski definition) is 2. The highest BCUT2D eigenvalue weighted by atomic mass is 19.1. The maximum atomic E-state index is 15.3. The SMILES string of the molecule is FC1(C2NCCc3ccccc32)CCCNCC1. The quantitative estimate of drug-likeness (QED) is 0.797. The highest BCUT2D eigenvalue weighted by Crippen LogP contribution is 2.40. The Morgan fingerprint density at radius 2 is 2.00 bits per heavy atom. The first-order valence-electron chi connectivity index (χ1n) is 7.00. The molecule has 0 aromatic heterocycles. The largest absolute Gasteiger partial charge is 0.317 e. The zero-order valence-electron chi connectivity index (χ0n) is 10.7. The smallest absolute Gasteiger partial charge is 0.131 e. The van der Waals surface area contributed by atoms with Crippen molar-refractivity contribution >= 4 is 0 Å². The van der Waals surface area contributed by atoms with Gasteiger partial charge in [0.25, 0.3) is 0 Å². The predicted molar refractivity (Wildman–Crippen MR) is 71.4 cm³/mol. The molecule has 3 rings (SSSR count). The van der Waals surface area contributed by atoms with Crippen molar-refractivity contribution in [2.24, 2.45) is 0 Å². The van der Waals surface area contributed by atoms with Crippen LogP contribution in [0.4, 0.5) is 4.39 Å². The Labute approximate surface area is 108 Å². The zero-order valence-corrected chi connectivity index (χ0v) is 10.7. The van der Waals surface area contributed by atoms with Crippen LogP contribution in [-0.2, 0) is 6.42 Å². The van der Waals surface area contributed by atoms with Gasteiger partial charge >= 0.3 is 0 Å². The second kappa shape index (κ2) is 4.98. The Kier molecular flexibility index (Phi) is 3.35.